The van der Waals surface area contributed by atoms with Crippen molar-refractivity contribution in [2.24, 2.45) is 5.73 Å². The molecule has 0 spiro atoms. The minimum absolute atomic E-state index is 0.175. The SMILES string of the molecule is CC(Cc1ccc(F)cc1)n1ccc2c1CCCC2N. The lowest BCUT2D eigenvalue weighted by atomic mass is 9.93. The third kappa shape index (κ3) is 2.50. The molecule has 0 bridgehead atoms. The van der Waals surface area contributed by atoms with E-state index >= 15 is 0 Å². The Morgan fingerprint density at radius 2 is 2.05 bits per heavy atom. The molecule has 3 heteroatoms. The Morgan fingerprint density at radius 3 is 2.80 bits per heavy atom. The average molecular weight is 272 g/mol. The van der Waals surface area contributed by atoms with E-state index in [2.05, 4.69) is 23.8 Å². The van der Waals surface area contributed by atoms with Crippen molar-refractivity contribution >= 4 is 0 Å². The molecule has 1 aliphatic carbocycles. The number of nitrogens with two attached hydrogens (primary N) is 1. The minimum atomic E-state index is -0.175. The predicted molar refractivity (Wildman–Crippen MR) is 79.1 cm³/mol. The van der Waals surface area contributed by atoms with Gasteiger partial charge in [0.25, 0.3) is 0 Å². The van der Waals surface area contributed by atoms with Crippen molar-refractivity contribution in [3.05, 3.63) is 59.2 Å². The van der Waals surface area contributed by atoms with Gasteiger partial charge in [0, 0.05) is 24.0 Å². The molecule has 2 atom stereocenters. The third-order valence-corrected chi connectivity index (χ3v) is 4.31. The number of fused-ring (bicyclic) bond motifs is 1. The van der Waals surface area contributed by atoms with E-state index in [1.54, 1.807) is 0 Å². The average Bonchev–Trinajstić information content (AvgIpc) is 2.87. The summed E-state index contributed by atoms with van der Waals surface area (Å²) in [6, 6.07) is 9.53. The molecule has 0 radical (unpaired) electrons. The van der Waals surface area contributed by atoms with Gasteiger partial charge in [-0.3, -0.25) is 0 Å². The van der Waals surface area contributed by atoms with E-state index < -0.39 is 0 Å². The van der Waals surface area contributed by atoms with Crippen molar-refractivity contribution in [1.82, 2.24) is 4.57 Å². The molecule has 106 valence electrons. The third-order valence-electron chi connectivity index (χ3n) is 4.31. The van der Waals surface area contributed by atoms with Gasteiger partial charge in [0.2, 0.25) is 0 Å². The van der Waals surface area contributed by atoms with E-state index in [1.807, 2.05) is 12.1 Å². The predicted octanol–water partition coefficient (Wildman–Crippen LogP) is 3.77. The van der Waals surface area contributed by atoms with Crippen LogP contribution in [0.4, 0.5) is 4.39 Å². The van der Waals surface area contributed by atoms with Gasteiger partial charge < -0.3 is 10.3 Å². The summed E-state index contributed by atoms with van der Waals surface area (Å²) in [6.07, 6.45) is 6.44. The van der Waals surface area contributed by atoms with E-state index in [9.17, 15) is 4.39 Å². The molecule has 0 aliphatic heterocycles. The van der Waals surface area contributed by atoms with Crippen LogP contribution in [0.5, 0.6) is 0 Å². The zero-order valence-electron chi connectivity index (χ0n) is 11.8. The number of hydrogen-bond acceptors (Lipinski definition) is 1. The largest absolute Gasteiger partial charge is 0.348 e. The Labute approximate surface area is 119 Å². The Morgan fingerprint density at radius 1 is 1.30 bits per heavy atom. The number of benzene rings is 1. The molecular formula is C17H21FN2. The Hall–Kier alpha value is -1.61. The highest BCUT2D eigenvalue weighted by molar-refractivity contribution is 5.29. The zero-order valence-corrected chi connectivity index (χ0v) is 11.8. The van der Waals surface area contributed by atoms with E-state index in [0.29, 0.717) is 6.04 Å². The fraction of sp³-hybridized carbons (Fsp3) is 0.412. The summed E-state index contributed by atoms with van der Waals surface area (Å²) in [7, 11) is 0. The van der Waals surface area contributed by atoms with Crippen LogP contribution in [0.2, 0.25) is 0 Å². The summed E-state index contributed by atoms with van der Waals surface area (Å²) in [4.78, 5) is 0. The standard InChI is InChI=1S/C17H21FN2/c1-12(11-13-5-7-14(18)8-6-13)20-10-9-15-16(19)3-2-4-17(15)20/h5-10,12,16H,2-4,11,19H2,1H3. The second-order valence-electron chi connectivity index (χ2n) is 5.80. The summed E-state index contributed by atoms with van der Waals surface area (Å²) in [5.74, 6) is -0.175. The summed E-state index contributed by atoms with van der Waals surface area (Å²) >= 11 is 0. The van der Waals surface area contributed by atoms with Crippen LogP contribution in [0.1, 0.15) is 48.7 Å². The molecule has 1 aliphatic rings. The van der Waals surface area contributed by atoms with Crippen LogP contribution >= 0.6 is 0 Å². The molecule has 1 aromatic heterocycles. The van der Waals surface area contributed by atoms with Crippen molar-refractivity contribution in [3.8, 4) is 0 Å². The van der Waals surface area contributed by atoms with Crippen LogP contribution in [0, 0.1) is 5.82 Å². The van der Waals surface area contributed by atoms with Crippen molar-refractivity contribution < 1.29 is 4.39 Å². The summed E-state index contributed by atoms with van der Waals surface area (Å²) in [5, 5.41) is 0. The second kappa shape index (κ2) is 5.41. The van der Waals surface area contributed by atoms with Gasteiger partial charge in [0.15, 0.2) is 0 Å². The lowest BCUT2D eigenvalue weighted by Crippen LogP contribution is -2.19. The second-order valence-corrected chi connectivity index (χ2v) is 5.80. The number of hydrogen-bond donors (Lipinski definition) is 1. The molecule has 0 saturated heterocycles. The smallest absolute Gasteiger partial charge is 0.123 e. The highest BCUT2D eigenvalue weighted by Crippen LogP contribution is 2.31. The van der Waals surface area contributed by atoms with Gasteiger partial charge >= 0.3 is 0 Å². The Balaban J connectivity index is 1.81. The number of halogens is 1. The molecule has 2 unspecified atom stereocenters. The van der Waals surface area contributed by atoms with E-state index in [1.165, 1.54) is 35.4 Å². The highest BCUT2D eigenvalue weighted by Gasteiger charge is 2.21. The first kappa shape index (κ1) is 13.4. The van der Waals surface area contributed by atoms with Crippen molar-refractivity contribution in [3.63, 3.8) is 0 Å². The first-order chi connectivity index (χ1) is 9.65. The molecule has 1 heterocycles. The van der Waals surface area contributed by atoms with E-state index in [4.69, 9.17) is 5.73 Å². The molecule has 2 nitrogen and oxygen atoms in total. The minimum Gasteiger partial charge on any atom is -0.348 e. The molecule has 20 heavy (non-hydrogen) atoms. The Bertz CT molecular complexity index is 586. The maximum absolute atomic E-state index is 12.9. The van der Waals surface area contributed by atoms with Gasteiger partial charge in [0.1, 0.15) is 5.82 Å². The molecule has 2 aromatic rings. The quantitative estimate of drug-likeness (QED) is 0.906. The lowest BCUT2D eigenvalue weighted by Gasteiger charge is -2.24. The van der Waals surface area contributed by atoms with Gasteiger partial charge in [-0.25, -0.2) is 4.39 Å². The van der Waals surface area contributed by atoms with Gasteiger partial charge in [-0.05, 0) is 61.9 Å². The number of nitrogens with zero attached hydrogens (tertiary/aromatic N) is 1. The van der Waals surface area contributed by atoms with Crippen LogP contribution in [0.3, 0.4) is 0 Å². The van der Waals surface area contributed by atoms with Gasteiger partial charge in [0.05, 0.1) is 0 Å². The number of aromatic nitrogens is 1. The maximum Gasteiger partial charge on any atom is 0.123 e. The van der Waals surface area contributed by atoms with E-state index in [-0.39, 0.29) is 11.9 Å². The van der Waals surface area contributed by atoms with Crippen LogP contribution in [-0.4, -0.2) is 4.57 Å². The van der Waals surface area contributed by atoms with E-state index in [0.717, 1.165) is 19.3 Å². The van der Waals surface area contributed by atoms with Gasteiger partial charge in [-0.15, -0.1) is 0 Å². The van der Waals surface area contributed by atoms with Gasteiger partial charge in [-0.1, -0.05) is 12.1 Å². The van der Waals surface area contributed by atoms with Crippen molar-refractivity contribution in [2.75, 3.05) is 0 Å². The maximum atomic E-state index is 12.9. The van der Waals surface area contributed by atoms with Crippen molar-refractivity contribution in [1.29, 1.82) is 0 Å². The first-order valence-electron chi connectivity index (χ1n) is 7.35. The Kier molecular flexibility index (Phi) is 3.62. The number of rotatable bonds is 3. The molecule has 2 N–H and O–H groups in total. The first-order valence-corrected chi connectivity index (χ1v) is 7.35. The molecule has 1 aromatic carbocycles. The van der Waals surface area contributed by atoms with Crippen LogP contribution in [-0.2, 0) is 12.8 Å². The topological polar surface area (TPSA) is 30.9 Å². The summed E-state index contributed by atoms with van der Waals surface area (Å²) in [6.45, 7) is 2.21. The molecular weight excluding hydrogens is 251 g/mol. The summed E-state index contributed by atoms with van der Waals surface area (Å²) in [5.41, 5.74) is 10.0. The lowest BCUT2D eigenvalue weighted by molar-refractivity contribution is 0.489. The summed E-state index contributed by atoms with van der Waals surface area (Å²) < 4.78 is 15.3. The zero-order chi connectivity index (χ0) is 14.1. The fourth-order valence-corrected chi connectivity index (χ4v) is 3.22. The van der Waals surface area contributed by atoms with Crippen LogP contribution in [0.15, 0.2) is 36.5 Å². The molecule has 0 amide bonds. The van der Waals surface area contributed by atoms with Crippen LogP contribution < -0.4 is 5.73 Å². The highest BCUT2D eigenvalue weighted by atomic mass is 19.1. The fourth-order valence-electron chi connectivity index (χ4n) is 3.22. The normalized spacial score (nSPS) is 19.6. The van der Waals surface area contributed by atoms with Crippen LogP contribution in [0.25, 0.3) is 0 Å². The van der Waals surface area contributed by atoms with Gasteiger partial charge in [-0.2, -0.15) is 0 Å². The molecule has 3 rings (SSSR count). The van der Waals surface area contributed by atoms with Crippen molar-refractivity contribution in [2.45, 2.75) is 44.7 Å². The monoisotopic (exact) mass is 272 g/mol. The molecule has 0 fully saturated rings. The molecule has 0 saturated carbocycles.